The fourth-order valence-corrected chi connectivity index (χ4v) is 3.98. The summed E-state index contributed by atoms with van der Waals surface area (Å²) in [5, 5.41) is 7.00. The quantitative estimate of drug-likeness (QED) is 0.616. The lowest BCUT2D eigenvalue weighted by atomic mass is 9.97. The van der Waals surface area contributed by atoms with Crippen molar-refractivity contribution in [2.75, 3.05) is 20.2 Å². The van der Waals surface area contributed by atoms with Crippen LogP contribution < -0.4 is 14.8 Å². The summed E-state index contributed by atoms with van der Waals surface area (Å²) in [6.45, 7) is 5.20. The number of methoxy groups -OCH3 is 1. The van der Waals surface area contributed by atoms with E-state index in [1.807, 2.05) is 32.0 Å². The molecule has 8 heteroatoms. The highest BCUT2D eigenvalue weighted by atomic mass is 16.5. The Kier molecular flexibility index (Phi) is 7.01. The van der Waals surface area contributed by atoms with Crippen molar-refractivity contribution in [3.8, 4) is 11.5 Å². The lowest BCUT2D eigenvalue weighted by Gasteiger charge is -2.31. The molecule has 1 unspecified atom stereocenters. The average molecular weight is 454 g/mol. The molecule has 2 fully saturated rings. The number of hydrogen-bond acceptors (Lipinski definition) is 6. The van der Waals surface area contributed by atoms with E-state index in [1.54, 1.807) is 24.2 Å². The van der Waals surface area contributed by atoms with Crippen molar-refractivity contribution in [2.24, 2.45) is 5.92 Å². The molecule has 176 valence electrons. The Hall–Kier alpha value is -3.29. The highest BCUT2D eigenvalue weighted by Crippen LogP contribution is 2.30. The first kappa shape index (κ1) is 22.9. The van der Waals surface area contributed by atoms with Crippen LogP contribution in [0.2, 0.25) is 0 Å². The lowest BCUT2D eigenvalue weighted by molar-refractivity contribution is -0.132. The van der Waals surface area contributed by atoms with Crippen molar-refractivity contribution in [1.82, 2.24) is 15.4 Å². The van der Waals surface area contributed by atoms with Crippen LogP contribution in [-0.2, 0) is 16.2 Å². The zero-order valence-corrected chi connectivity index (χ0v) is 19.4. The largest absolute Gasteiger partial charge is 0.493 e. The Morgan fingerprint density at radius 3 is 2.76 bits per heavy atom. The number of carbonyl (C=O) groups excluding carboxylic acids is 2. The van der Waals surface area contributed by atoms with Gasteiger partial charge in [0.25, 0.3) is 0 Å². The smallest absolute Gasteiger partial charge is 0.246 e. The van der Waals surface area contributed by atoms with Gasteiger partial charge in [-0.15, -0.1) is 0 Å². The van der Waals surface area contributed by atoms with Crippen LogP contribution in [0.15, 0.2) is 28.8 Å². The summed E-state index contributed by atoms with van der Waals surface area (Å²) in [7, 11) is 1.58. The van der Waals surface area contributed by atoms with E-state index in [0.29, 0.717) is 37.2 Å². The molecule has 2 heterocycles. The fraction of sp³-hybridized carbons (Fsp3) is 0.480. The SMILES string of the molecule is COc1cc(/C=C/C(=O)N2CCCC(C(=O)NC3CC3)C2)ccc1OCc1c(C)noc1C. The first-order valence-corrected chi connectivity index (χ1v) is 11.4. The standard InChI is InChI=1S/C25H31N3O5/c1-16-21(17(2)33-27-16)15-32-22-10-6-18(13-23(22)31-3)7-11-24(29)28-12-4-5-19(14-28)25(30)26-20-8-9-20/h6-7,10-11,13,19-20H,4-5,8-9,12,14-15H2,1-3H3,(H,26,30)/b11-7+. The molecule has 2 aromatic rings. The van der Waals surface area contributed by atoms with E-state index in [0.717, 1.165) is 48.3 Å². The molecule has 0 spiro atoms. The van der Waals surface area contributed by atoms with Gasteiger partial charge in [0.05, 0.1) is 24.3 Å². The predicted molar refractivity (Wildman–Crippen MR) is 123 cm³/mol. The number of nitrogens with one attached hydrogen (secondary N) is 1. The van der Waals surface area contributed by atoms with Crippen molar-refractivity contribution in [1.29, 1.82) is 0 Å². The molecule has 2 amide bonds. The predicted octanol–water partition coefficient (Wildman–Crippen LogP) is 3.41. The summed E-state index contributed by atoms with van der Waals surface area (Å²) in [5.74, 6) is 1.78. The molecular weight excluding hydrogens is 422 g/mol. The fourth-order valence-electron chi connectivity index (χ4n) is 3.98. The van der Waals surface area contributed by atoms with Gasteiger partial charge < -0.3 is 24.2 Å². The monoisotopic (exact) mass is 453 g/mol. The number of ether oxygens (including phenoxy) is 2. The number of aromatic nitrogens is 1. The third-order valence-electron chi connectivity index (χ3n) is 6.19. The second-order valence-electron chi connectivity index (χ2n) is 8.74. The van der Waals surface area contributed by atoms with E-state index in [2.05, 4.69) is 10.5 Å². The molecule has 1 N–H and O–H groups in total. The van der Waals surface area contributed by atoms with E-state index in [-0.39, 0.29) is 17.7 Å². The molecule has 0 bridgehead atoms. The molecule has 1 aliphatic carbocycles. The van der Waals surface area contributed by atoms with Gasteiger partial charge in [-0.05, 0) is 63.3 Å². The van der Waals surface area contributed by atoms with Crippen molar-refractivity contribution in [2.45, 2.75) is 52.2 Å². The highest BCUT2D eigenvalue weighted by Gasteiger charge is 2.31. The van der Waals surface area contributed by atoms with Gasteiger partial charge in [0.2, 0.25) is 11.8 Å². The second kappa shape index (κ2) is 10.1. The van der Waals surface area contributed by atoms with Gasteiger partial charge in [0, 0.05) is 25.2 Å². The van der Waals surface area contributed by atoms with Gasteiger partial charge in [0.15, 0.2) is 11.5 Å². The summed E-state index contributed by atoms with van der Waals surface area (Å²) < 4.78 is 16.6. The van der Waals surface area contributed by atoms with Crippen molar-refractivity contribution < 1.29 is 23.6 Å². The van der Waals surface area contributed by atoms with Gasteiger partial charge in [-0.25, -0.2) is 0 Å². The molecule has 1 aromatic heterocycles. The van der Waals surface area contributed by atoms with Crippen LogP contribution in [0.25, 0.3) is 6.08 Å². The van der Waals surface area contributed by atoms with E-state index >= 15 is 0 Å². The number of piperidine rings is 1. The Bertz CT molecular complexity index is 1020. The van der Waals surface area contributed by atoms with E-state index in [1.165, 1.54) is 0 Å². The molecule has 1 aliphatic heterocycles. The molecule has 33 heavy (non-hydrogen) atoms. The maximum Gasteiger partial charge on any atom is 0.246 e. The number of likely N-dealkylation sites (tertiary alicyclic amines) is 1. The first-order chi connectivity index (χ1) is 15.9. The Labute approximate surface area is 193 Å². The maximum absolute atomic E-state index is 12.7. The number of rotatable bonds is 8. The van der Waals surface area contributed by atoms with Gasteiger partial charge >= 0.3 is 0 Å². The van der Waals surface area contributed by atoms with Crippen LogP contribution in [0.1, 0.15) is 48.3 Å². The van der Waals surface area contributed by atoms with E-state index < -0.39 is 0 Å². The maximum atomic E-state index is 12.7. The highest BCUT2D eigenvalue weighted by molar-refractivity contribution is 5.92. The van der Waals surface area contributed by atoms with Gasteiger partial charge in [-0.1, -0.05) is 11.2 Å². The summed E-state index contributed by atoms with van der Waals surface area (Å²) >= 11 is 0. The molecule has 1 atom stereocenters. The zero-order valence-electron chi connectivity index (χ0n) is 19.4. The van der Waals surface area contributed by atoms with Crippen LogP contribution in [0.3, 0.4) is 0 Å². The number of aryl methyl sites for hydroxylation is 2. The van der Waals surface area contributed by atoms with E-state index in [4.69, 9.17) is 14.0 Å². The van der Waals surface area contributed by atoms with Crippen molar-refractivity contribution >= 4 is 17.9 Å². The Morgan fingerprint density at radius 1 is 1.24 bits per heavy atom. The minimum atomic E-state index is -0.120. The zero-order chi connectivity index (χ0) is 23.4. The van der Waals surface area contributed by atoms with Crippen molar-refractivity contribution in [3.05, 3.63) is 46.9 Å². The number of amides is 2. The van der Waals surface area contributed by atoms with Crippen LogP contribution in [-0.4, -0.2) is 48.1 Å². The lowest BCUT2D eigenvalue weighted by Crippen LogP contribution is -2.45. The minimum absolute atomic E-state index is 0.0795. The third kappa shape index (κ3) is 5.74. The third-order valence-corrected chi connectivity index (χ3v) is 6.19. The Balaban J connectivity index is 1.36. The molecule has 1 aromatic carbocycles. The molecule has 1 saturated carbocycles. The average Bonchev–Trinajstić information content (AvgIpc) is 3.59. The second-order valence-corrected chi connectivity index (χ2v) is 8.74. The van der Waals surface area contributed by atoms with Crippen LogP contribution in [0.5, 0.6) is 11.5 Å². The number of carbonyl (C=O) groups is 2. The van der Waals surface area contributed by atoms with Gasteiger partial charge in [-0.2, -0.15) is 0 Å². The molecule has 8 nitrogen and oxygen atoms in total. The molecule has 1 saturated heterocycles. The molecular formula is C25H31N3O5. The van der Waals surface area contributed by atoms with E-state index in [9.17, 15) is 9.59 Å². The number of benzene rings is 1. The first-order valence-electron chi connectivity index (χ1n) is 11.4. The number of hydrogen-bond donors (Lipinski definition) is 1. The van der Waals surface area contributed by atoms with Crippen molar-refractivity contribution in [3.63, 3.8) is 0 Å². The van der Waals surface area contributed by atoms with Crippen LogP contribution >= 0.6 is 0 Å². The summed E-state index contributed by atoms with van der Waals surface area (Å²) in [6, 6.07) is 5.86. The van der Waals surface area contributed by atoms with Gasteiger partial charge in [-0.3, -0.25) is 9.59 Å². The van der Waals surface area contributed by atoms with Gasteiger partial charge in [0.1, 0.15) is 12.4 Å². The minimum Gasteiger partial charge on any atom is -0.493 e. The molecule has 2 aliphatic rings. The summed E-state index contributed by atoms with van der Waals surface area (Å²) in [4.78, 5) is 26.9. The summed E-state index contributed by atoms with van der Waals surface area (Å²) in [6.07, 6.45) is 7.12. The van der Waals surface area contributed by atoms with Crippen LogP contribution in [0, 0.1) is 19.8 Å². The normalized spacial score (nSPS) is 18.4. The molecule has 0 radical (unpaired) electrons. The van der Waals surface area contributed by atoms with Crippen LogP contribution in [0.4, 0.5) is 0 Å². The Morgan fingerprint density at radius 2 is 2.06 bits per heavy atom. The summed E-state index contributed by atoms with van der Waals surface area (Å²) in [5.41, 5.74) is 2.54. The molecule has 4 rings (SSSR count). The topological polar surface area (TPSA) is 93.9 Å². The number of nitrogens with zero attached hydrogens (tertiary/aromatic N) is 2.